The first-order valence-electron chi connectivity index (χ1n) is 10.3. The number of hydrogen-bond acceptors (Lipinski definition) is 5. The van der Waals surface area contributed by atoms with Gasteiger partial charge in [-0.2, -0.15) is 13.2 Å². The summed E-state index contributed by atoms with van der Waals surface area (Å²) in [6, 6.07) is 13.8. The van der Waals surface area contributed by atoms with Crippen molar-refractivity contribution in [2.45, 2.75) is 31.7 Å². The van der Waals surface area contributed by atoms with Gasteiger partial charge in [0.2, 0.25) is 5.91 Å². The summed E-state index contributed by atoms with van der Waals surface area (Å²) in [4.78, 5) is 16.7. The highest BCUT2D eigenvalue weighted by molar-refractivity contribution is 7.99. The number of imidazole rings is 1. The summed E-state index contributed by atoms with van der Waals surface area (Å²) in [7, 11) is 0. The molecule has 1 heterocycles. The number of anilines is 1. The molecule has 0 fully saturated rings. The predicted octanol–water partition coefficient (Wildman–Crippen LogP) is 5.64. The standard InChI is InChI=1S/C23H24F3N3O3S/c1-3-31-17-10-11-20(32-4-2)18(12-17)28-21(30)14-33-22-27-13-19(16-8-6-5-7-9-16)29(22)15-23(24,25)26/h5-13H,3-4,14-15H2,1-2H3,(H,28,30). The third-order valence-corrected chi connectivity index (χ3v) is 5.38. The number of carbonyl (C=O) groups excluding carboxylic acids is 1. The molecule has 1 aromatic heterocycles. The molecule has 0 aliphatic carbocycles. The fourth-order valence-electron chi connectivity index (χ4n) is 3.11. The van der Waals surface area contributed by atoms with E-state index in [1.54, 1.807) is 48.5 Å². The number of rotatable bonds is 10. The second-order valence-electron chi connectivity index (χ2n) is 6.85. The van der Waals surface area contributed by atoms with Gasteiger partial charge in [-0.05, 0) is 31.5 Å². The Kier molecular flexibility index (Phi) is 8.26. The van der Waals surface area contributed by atoms with Gasteiger partial charge in [0.15, 0.2) is 5.16 Å². The van der Waals surface area contributed by atoms with E-state index in [9.17, 15) is 18.0 Å². The van der Waals surface area contributed by atoms with Crippen LogP contribution in [0.15, 0.2) is 59.9 Å². The molecule has 2 aromatic carbocycles. The van der Waals surface area contributed by atoms with Gasteiger partial charge in [0.05, 0.1) is 36.5 Å². The second kappa shape index (κ2) is 11.1. The molecule has 1 amide bonds. The first-order valence-corrected chi connectivity index (χ1v) is 11.3. The maximum atomic E-state index is 13.2. The van der Waals surface area contributed by atoms with Gasteiger partial charge in [-0.3, -0.25) is 4.79 Å². The lowest BCUT2D eigenvalue weighted by molar-refractivity contribution is -0.141. The monoisotopic (exact) mass is 479 g/mol. The van der Waals surface area contributed by atoms with E-state index in [0.717, 1.165) is 16.3 Å². The van der Waals surface area contributed by atoms with E-state index in [4.69, 9.17) is 9.47 Å². The van der Waals surface area contributed by atoms with Crippen LogP contribution in [-0.4, -0.2) is 40.6 Å². The van der Waals surface area contributed by atoms with E-state index >= 15 is 0 Å². The van der Waals surface area contributed by atoms with Crippen LogP contribution in [0.25, 0.3) is 11.3 Å². The predicted molar refractivity (Wildman–Crippen MR) is 122 cm³/mol. The first-order chi connectivity index (χ1) is 15.8. The number of benzene rings is 2. The zero-order chi connectivity index (χ0) is 23.8. The molecule has 6 nitrogen and oxygen atoms in total. The maximum Gasteiger partial charge on any atom is 0.406 e. The number of thioether (sulfide) groups is 1. The Morgan fingerprint density at radius 1 is 1.09 bits per heavy atom. The number of alkyl halides is 3. The van der Waals surface area contributed by atoms with Crippen molar-refractivity contribution >= 4 is 23.4 Å². The lowest BCUT2D eigenvalue weighted by Gasteiger charge is -2.15. The van der Waals surface area contributed by atoms with E-state index in [2.05, 4.69) is 10.3 Å². The molecule has 0 aliphatic rings. The van der Waals surface area contributed by atoms with Gasteiger partial charge in [0, 0.05) is 6.07 Å². The lowest BCUT2D eigenvalue weighted by Crippen LogP contribution is -2.20. The third kappa shape index (κ3) is 6.92. The number of nitrogens with one attached hydrogen (secondary N) is 1. The highest BCUT2D eigenvalue weighted by Gasteiger charge is 2.31. The van der Waals surface area contributed by atoms with E-state index in [1.807, 2.05) is 13.8 Å². The summed E-state index contributed by atoms with van der Waals surface area (Å²) >= 11 is 0.932. The number of ether oxygens (including phenoxy) is 2. The van der Waals surface area contributed by atoms with Gasteiger partial charge in [-0.15, -0.1) is 0 Å². The van der Waals surface area contributed by atoms with Gasteiger partial charge in [-0.1, -0.05) is 42.1 Å². The minimum atomic E-state index is -4.44. The smallest absolute Gasteiger partial charge is 0.406 e. The van der Waals surface area contributed by atoms with Gasteiger partial charge >= 0.3 is 6.18 Å². The van der Waals surface area contributed by atoms with Crippen LogP contribution >= 0.6 is 11.8 Å². The van der Waals surface area contributed by atoms with Crippen LogP contribution in [0.2, 0.25) is 0 Å². The number of hydrogen-bond donors (Lipinski definition) is 1. The van der Waals surface area contributed by atoms with Crippen molar-refractivity contribution in [1.82, 2.24) is 9.55 Å². The molecule has 33 heavy (non-hydrogen) atoms. The lowest BCUT2D eigenvalue weighted by atomic mass is 10.2. The molecule has 1 N–H and O–H groups in total. The number of amides is 1. The summed E-state index contributed by atoms with van der Waals surface area (Å²) in [5, 5.41) is 2.85. The number of aromatic nitrogens is 2. The zero-order valence-corrected chi connectivity index (χ0v) is 19.0. The highest BCUT2D eigenvalue weighted by atomic mass is 32.2. The molecule has 0 atom stereocenters. The van der Waals surface area contributed by atoms with E-state index < -0.39 is 18.6 Å². The topological polar surface area (TPSA) is 65.4 Å². The Balaban J connectivity index is 1.76. The van der Waals surface area contributed by atoms with Crippen molar-refractivity contribution in [3.63, 3.8) is 0 Å². The normalized spacial score (nSPS) is 11.3. The quantitative estimate of drug-likeness (QED) is 0.381. The summed E-state index contributed by atoms with van der Waals surface area (Å²) in [5.74, 6) is 0.506. The zero-order valence-electron chi connectivity index (χ0n) is 18.2. The molecule has 0 unspecified atom stereocenters. The Labute approximate surface area is 194 Å². The summed E-state index contributed by atoms with van der Waals surface area (Å²) in [5.41, 5.74) is 1.37. The van der Waals surface area contributed by atoms with Gasteiger partial charge in [-0.25, -0.2) is 4.98 Å². The van der Waals surface area contributed by atoms with Crippen LogP contribution in [0.1, 0.15) is 13.8 Å². The summed E-state index contributed by atoms with van der Waals surface area (Å²) < 4.78 is 51.8. The van der Waals surface area contributed by atoms with Crippen molar-refractivity contribution in [2.24, 2.45) is 0 Å². The van der Waals surface area contributed by atoms with Crippen LogP contribution in [-0.2, 0) is 11.3 Å². The molecule has 10 heteroatoms. The van der Waals surface area contributed by atoms with Crippen LogP contribution in [0.4, 0.5) is 18.9 Å². The molecule has 0 saturated carbocycles. The Bertz CT molecular complexity index is 1070. The Hall–Kier alpha value is -3.14. The molecule has 0 aliphatic heterocycles. The van der Waals surface area contributed by atoms with Gasteiger partial charge in [0.25, 0.3) is 0 Å². The molecule has 3 rings (SSSR count). The molecular weight excluding hydrogens is 455 g/mol. The van der Waals surface area contributed by atoms with Crippen LogP contribution in [0, 0.1) is 0 Å². The molecule has 3 aromatic rings. The third-order valence-electron chi connectivity index (χ3n) is 4.39. The fourth-order valence-corrected chi connectivity index (χ4v) is 3.88. The number of halogens is 3. The van der Waals surface area contributed by atoms with Gasteiger partial charge in [0.1, 0.15) is 18.0 Å². The Morgan fingerprint density at radius 2 is 1.82 bits per heavy atom. The average molecular weight is 480 g/mol. The van der Waals surface area contributed by atoms with Crippen molar-refractivity contribution in [3.8, 4) is 22.8 Å². The molecule has 0 radical (unpaired) electrons. The minimum Gasteiger partial charge on any atom is -0.494 e. The number of carbonyl (C=O) groups is 1. The average Bonchev–Trinajstić information content (AvgIpc) is 3.16. The maximum absolute atomic E-state index is 13.2. The van der Waals surface area contributed by atoms with E-state index in [1.165, 1.54) is 6.20 Å². The van der Waals surface area contributed by atoms with Crippen molar-refractivity contribution < 1.29 is 27.4 Å². The summed E-state index contributed by atoms with van der Waals surface area (Å²) in [6.45, 7) is 3.33. The summed E-state index contributed by atoms with van der Waals surface area (Å²) in [6.07, 6.45) is -3.05. The van der Waals surface area contributed by atoms with Crippen molar-refractivity contribution in [1.29, 1.82) is 0 Å². The molecular formula is C23H24F3N3O3S. The molecule has 176 valence electrons. The molecule has 0 saturated heterocycles. The molecule has 0 spiro atoms. The fraction of sp³-hybridized carbons (Fsp3) is 0.304. The van der Waals surface area contributed by atoms with Crippen LogP contribution < -0.4 is 14.8 Å². The second-order valence-corrected chi connectivity index (χ2v) is 7.80. The minimum absolute atomic E-state index is 0.106. The van der Waals surface area contributed by atoms with Crippen LogP contribution in [0.5, 0.6) is 11.5 Å². The van der Waals surface area contributed by atoms with Crippen molar-refractivity contribution in [3.05, 3.63) is 54.7 Å². The van der Waals surface area contributed by atoms with Crippen LogP contribution in [0.3, 0.4) is 0 Å². The largest absolute Gasteiger partial charge is 0.494 e. The number of nitrogens with zero attached hydrogens (tertiary/aromatic N) is 2. The van der Waals surface area contributed by atoms with Crippen molar-refractivity contribution in [2.75, 3.05) is 24.3 Å². The van der Waals surface area contributed by atoms with E-state index in [0.29, 0.717) is 41.7 Å². The van der Waals surface area contributed by atoms with E-state index in [-0.39, 0.29) is 10.9 Å². The highest BCUT2D eigenvalue weighted by Crippen LogP contribution is 2.32. The SMILES string of the molecule is CCOc1ccc(OCC)c(NC(=O)CSc2ncc(-c3ccccc3)n2CC(F)(F)F)c1. The first kappa shape index (κ1) is 24.5. The van der Waals surface area contributed by atoms with Gasteiger partial charge < -0.3 is 19.4 Å². The Morgan fingerprint density at radius 3 is 2.48 bits per heavy atom. The molecule has 0 bridgehead atoms.